The Morgan fingerprint density at radius 2 is 2.00 bits per heavy atom. The SMILES string of the molecule is CCOc1ccc(-c2csc(NC(=O)C(C)Sc3nc4ccccc4o3)n2)cc1. The first-order valence-electron chi connectivity index (χ1n) is 9.14. The molecule has 1 amide bonds. The fourth-order valence-electron chi connectivity index (χ4n) is 2.67. The average molecular weight is 426 g/mol. The fraction of sp³-hybridized carbons (Fsp3) is 0.190. The number of hydrogen-bond donors (Lipinski definition) is 1. The number of aromatic nitrogens is 2. The van der Waals surface area contributed by atoms with Crippen LogP contribution in [-0.2, 0) is 4.79 Å². The summed E-state index contributed by atoms with van der Waals surface area (Å²) in [4.78, 5) is 21.5. The van der Waals surface area contributed by atoms with Crippen LogP contribution in [0.4, 0.5) is 5.13 Å². The van der Waals surface area contributed by atoms with E-state index >= 15 is 0 Å². The number of nitrogens with zero attached hydrogens (tertiary/aromatic N) is 2. The predicted molar refractivity (Wildman–Crippen MR) is 117 cm³/mol. The summed E-state index contributed by atoms with van der Waals surface area (Å²) in [5.41, 5.74) is 3.27. The van der Waals surface area contributed by atoms with Crippen molar-refractivity contribution in [2.24, 2.45) is 0 Å². The molecule has 8 heteroatoms. The smallest absolute Gasteiger partial charge is 0.257 e. The van der Waals surface area contributed by atoms with Gasteiger partial charge in [0.25, 0.3) is 5.22 Å². The van der Waals surface area contributed by atoms with Crippen molar-refractivity contribution >= 4 is 45.2 Å². The fourth-order valence-corrected chi connectivity index (χ4v) is 4.15. The highest BCUT2D eigenvalue weighted by atomic mass is 32.2. The molecule has 1 unspecified atom stereocenters. The molecular formula is C21H19N3O3S2. The van der Waals surface area contributed by atoms with Crippen LogP contribution in [-0.4, -0.2) is 27.7 Å². The van der Waals surface area contributed by atoms with Gasteiger partial charge in [0, 0.05) is 10.9 Å². The Balaban J connectivity index is 1.39. The molecule has 6 nitrogen and oxygen atoms in total. The summed E-state index contributed by atoms with van der Waals surface area (Å²) >= 11 is 2.67. The van der Waals surface area contributed by atoms with Gasteiger partial charge in [-0.1, -0.05) is 23.9 Å². The number of amides is 1. The molecular weight excluding hydrogens is 406 g/mol. The van der Waals surface area contributed by atoms with E-state index in [2.05, 4.69) is 15.3 Å². The summed E-state index contributed by atoms with van der Waals surface area (Å²) in [6, 6.07) is 15.3. The van der Waals surface area contributed by atoms with Gasteiger partial charge in [0.05, 0.1) is 17.6 Å². The van der Waals surface area contributed by atoms with Crippen molar-refractivity contribution in [2.45, 2.75) is 24.3 Å². The number of nitrogens with one attached hydrogen (secondary N) is 1. The molecule has 0 radical (unpaired) electrons. The second-order valence-corrected chi connectivity index (χ2v) is 8.34. The summed E-state index contributed by atoms with van der Waals surface area (Å²) < 4.78 is 11.1. The zero-order chi connectivity index (χ0) is 20.2. The third-order valence-corrected chi connectivity index (χ3v) is 5.82. The second kappa shape index (κ2) is 8.67. The third-order valence-electron chi connectivity index (χ3n) is 4.12. The average Bonchev–Trinajstić information content (AvgIpc) is 3.35. The van der Waals surface area contributed by atoms with E-state index in [1.807, 2.05) is 67.8 Å². The molecule has 0 saturated heterocycles. The van der Waals surface area contributed by atoms with Crippen LogP contribution in [0.25, 0.3) is 22.4 Å². The number of carbonyl (C=O) groups is 1. The molecule has 0 spiro atoms. The van der Waals surface area contributed by atoms with Crippen LogP contribution >= 0.6 is 23.1 Å². The molecule has 148 valence electrons. The van der Waals surface area contributed by atoms with Gasteiger partial charge in [0.2, 0.25) is 5.91 Å². The van der Waals surface area contributed by atoms with Gasteiger partial charge in [0.1, 0.15) is 11.3 Å². The van der Waals surface area contributed by atoms with Crippen molar-refractivity contribution in [2.75, 3.05) is 11.9 Å². The zero-order valence-corrected chi connectivity index (χ0v) is 17.5. The molecule has 2 aromatic heterocycles. The van der Waals surface area contributed by atoms with Crippen molar-refractivity contribution in [1.29, 1.82) is 0 Å². The van der Waals surface area contributed by atoms with Crippen LogP contribution in [0.15, 0.2) is 63.6 Å². The first-order chi connectivity index (χ1) is 14.1. The van der Waals surface area contributed by atoms with Gasteiger partial charge >= 0.3 is 0 Å². The first-order valence-corrected chi connectivity index (χ1v) is 10.9. The number of benzene rings is 2. The Hall–Kier alpha value is -2.84. The van der Waals surface area contributed by atoms with Crippen LogP contribution in [0.3, 0.4) is 0 Å². The molecule has 0 aliphatic heterocycles. The lowest BCUT2D eigenvalue weighted by Crippen LogP contribution is -2.22. The Kier molecular flexibility index (Phi) is 5.82. The van der Waals surface area contributed by atoms with E-state index in [9.17, 15) is 4.79 Å². The number of para-hydroxylation sites is 2. The molecule has 0 fully saturated rings. The van der Waals surface area contributed by atoms with Gasteiger partial charge in [0.15, 0.2) is 10.7 Å². The van der Waals surface area contributed by atoms with Gasteiger partial charge in [-0.25, -0.2) is 9.97 Å². The topological polar surface area (TPSA) is 77.2 Å². The van der Waals surface area contributed by atoms with Crippen LogP contribution < -0.4 is 10.1 Å². The van der Waals surface area contributed by atoms with E-state index in [1.54, 1.807) is 0 Å². The van der Waals surface area contributed by atoms with E-state index in [0.29, 0.717) is 22.5 Å². The molecule has 2 aromatic carbocycles. The largest absolute Gasteiger partial charge is 0.494 e. The van der Waals surface area contributed by atoms with Gasteiger partial charge in [-0.05, 0) is 50.2 Å². The van der Waals surface area contributed by atoms with Crippen LogP contribution in [0.2, 0.25) is 0 Å². The standard InChI is InChI=1S/C21H19N3O3S2/c1-3-26-15-10-8-14(9-11-15)17-12-28-20(22-17)24-19(25)13(2)29-21-23-16-6-4-5-7-18(16)27-21/h4-13H,3H2,1-2H3,(H,22,24,25). The molecule has 2 heterocycles. The van der Waals surface area contributed by atoms with Gasteiger partial charge in [-0.15, -0.1) is 11.3 Å². The number of hydrogen-bond acceptors (Lipinski definition) is 7. The summed E-state index contributed by atoms with van der Waals surface area (Å²) in [6.45, 7) is 4.40. The maximum absolute atomic E-state index is 12.5. The van der Waals surface area contributed by atoms with Crippen molar-refractivity contribution < 1.29 is 13.9 Å². The minimum Gasteiger partial charge on any atom is -0.494 e. The first kappa shape index (κ1) is 19.5. The minimum absolute atomic E-state index is 0.148. The number of ether oxygens (including phenoxy) is 1. The highest BCUT2D eigenvalue weighted by Gasteiger charge is 2.19. The highest BCUT2D eigenvalue weighted by Crippen LogP contribution is 2.29. The van der Waals surface area contributed by atoms with E-state index in [4.69, 9.17) is 9.15 Å². The summed E-state index contributed by atoms with van der Waals surface area (Å²) in [7, 11) is 0. The molecule has 0 bridgehead atoms. The van der Waals surface area contributed by atoms with E-state index in [-0.39, 0.29) is 11.2 Å². The lowest BCUT2D eigenvalue weighted by atomic mass is 10.2. The van der Waals surface area contributed by atoms with Crippen molar-refractivity contribution in [3.8, 4) is 17.0 Å². The van der Waals surface area contributed by atoms with E-state index < -0.39 is 0 Å². The van der Waals surface area contributed by atoms with E-state index in [0.717, 1.165) is 22.5 Å². The second-order valence-electron chi connectivity index (χ2n) is 6.19. The Morgan fingerprint density at radius 1 is 1.21 bits per heavy atom. The molecule has 0 saturated carbocycles. The van der Waals surface area contributed by atoms with Crippen molar-refractivity contribution in [3.63, 3.8) is 0 Å². The predicted octanol–water partition coefficient (Wildman–Crippen LogP) is 5.47. The van der Waals surface area contributed by atoms with Gasteiger partial charge in [-0.2, -0.15) is 0 Å². The van der Waals surface area contributed by atoms with E-state index in [1.165, 1.54) is 23.1 Å². The quantitative estimate of drug-likeness (QED) is 0.396. The number of fused-ring (bicyclic) bond motifs is 1. The molecule has 0 aliphatic carbocycles. The summed E-state index contributed by atoms with van der Waals surface area (Å²) in [5, 5.41) is 5.45. The molecule has 0 aliphatic rings. The number of carbonyl (C=O) groups excluding carboxylic acids is 1. The molecule has 1 atom stereocenters. The Bertz CT molecular complexity index is 1090. The number of thiazole rings is 1. The van der Waals surface area contributed by atoms with Crippen molar-refractivity contribution in [3.05, 3.63) is 53.9 Å². The zero-order valence-electron chi connectivity index (χ0n) is 15.9. The number of anilines is 1. The van der Waals surface area contributed by atoms with Crippen LogP contribution in [0.5, 0.6) is 5.75 Å². The Labute approximate surface area is 176 Å². The lowest BCUT2D eigenvalue weighted by Gasteiger charge is -2.07. The minimum atomic E-state index is -0.374. The molecule has 4 aromatic rings. The maximum Gasteiger partial charge on any atom is 0.257 e. The van der Waals surface area contributed by atoms with Crippen LogP contribution in [0.1, 0.15) is 13.8 Å². The van der Waals surface area contributed by atoms with Gasteiger partial charge in [-0.3, -0.25) is 4.79 Å². The number of oxazole rings is 1. The number of rotatable bonds is 7. The summed E-state index contributed by atoms with van der Waals surface area (Å²) in [5.74, 6) is 0.676. The molecule has 29 heavy (non-hydrogen) atoms. The highest BCUT2D eigenvalue weighted by molar-refractivity contribution is 8.00. The Morgan fingerprint density at radius 3 is 2.76 bits per heavy atom. The van der Waals surface area contributed by atoms with Crippen LogP contribution in [0, 0.1) is 0 Å². The molecule has 4 rings (SSSR count). The monoisotopic (exact) mass is 425 g/mol. The summed E-state index contributed by atoms with van der Waals surface area (Å²) in [6.07, 6.45) is 0. The number of thioether (sulfide) groups is 1. The van der Waals surface area contributed by atoms with Gasteiger partial charge < -0.3 is 14.5 Å². The maximum atomic E-state index is 12.5. The lowest BCUT2D eigenvalue weighted by molar-refractivity contribution is -0.115. The normalized spacial score (nSPS) is 12.1. The third kappa shape index (κ3) is 4.60. The van der Waals surface area contributed by atoms with Crippen molar-refractivity contribution in [1.82, 2.24) is 9.97 Å². The molecule has 1 N–H and O–H groups in total.